The second-order valence-electron chi connectivity index (χ2n) is 18.5. The zero-order chi connectivity index (χ0) is 46.1. The van der Waals surface area contributed by atoms with Gasteiger partial charge in [-0.05, 0) is 71.7 Å². The minimum absolute atomic E-state index is 0.0207. The number of esters is 4. The Morgan fingerprint density at radius 2 is 1.60 bits per heavy atom. The fourth-order valence-electron chi connectivity index (χ4n) is 10.1. The molecule has 12 atom stereocenters. The number of amides is 1. The van der Waals surface area contributed by atoms with Crippen LogP contribution in [0.5, 0.6) is 0 Å². The Labute approximate surface area is 358 Å². The number of ether oxygens (including phenoxy) is 8. The van der Waals surface area contributed by atoms with Crippen molar-refractivity contribution in [2.45, 2.75) is 148 Å². The lowest BCUT2D eigenvalue weighted by atomic mass is 9.44. The predicted octanol–water partition coefficient (Wildman–Crippen LogP) is 3.58. The Kier molecular flexibility index (Phi) is 12.0. The van der Waals surface area contributed by atoms with E-state index in [1.165, 1.54) is 45.9 Å². The highest BCUT2D eigenvalue weighted by atomic mass is 16.8. The summed E-state index contributed by atoms with van der Waals surface area (Å²) in [5.41, 5.74) is -8.49. The summed E-state index contributed by atoms with van der Waals surface area (Å²) in [4.78, 5) is 97.2. The van der Waals surface area contributed by atoms with Crippen molar-refractivity contribution < 1.29 is 81.7 Å². The monoisotopic (exact) mass is 869 g/mol. The molecule has 0 aromatic heterocycles. The van der Waals surface area contributed by atoms with E-state index < -0.39 is 124 Å². The summed E-state index contributed by atoms with van der Waals surface area (Å²) in [6.07, 6.45) is -13.3. The van der Waals surface area contributed by atoms with Gasteiger partial charge in [0.15, 0.2) is 41.9 Å². The Balaban J connectivity index is 1.62. The number of aliphatic hydroxyl groups excluding tert-OH is 2. The number of alkyl carbamates (subject to hydrolysis) is 1. The van der Waals surface area contributed by atoms with Gasteiger partial charge in [-0.25, -0.2) is 19.2 Å². The van der Waals surface area contributed by atoms with Crippen molar-refractivity contribution >= 4 is 41.9 Å². The van der Waals surface area contributed by atoms with Gasteiger partial charge in [0.1, 0.15) is 11.7 Å². The van der Waals surface area contributed by atoms with Gasteiger partial charge >= 0.3 is 36.1 Å². The predicted molar refractivity (Wildman–Crippen MR) is 212 cm³/mol. The third-order valence-electron chi connectivity index (χ3n) is 12.7. The number of benzene rings is 1. The maximum Gasteiger partial charge on any atom is 0.509 e. The first-order valence-electron chi connectivity index (χ1n) is 20.3. The lowest BCUT2D eigenvalue weighted by Crippen LogP contribution is -2.83. The summed E-state index contributed by atoms with van der Waals surface area (Å²) in [6.45, 7) is 15.9. The van der Waals surface area contributed by atoms with Crippen molar-refractivity contribution in [3.8, 4) is 0 Å². The molecule has 2 saturated heterocycles. The van der Waals surface area contributed by atoms with E-state index in [0.29, 0.717) is 5.57 Å². The topological polar surface area (TPSA) is 246 Å². The molecule has 5 aliphatic rings. The van der Waals surface area contributed by atoms with E-state index >= 15 is 4.79 Å². The number of carbonyl (C=O) groups is 7. The molecule has 3 N–H and O–H groups in total. The number of hydrogen-bond acceptors (Lipinski definition) is 17. The van der Waals surface area contributed by atoms with Crippen molar-refractivity contribution in [3.05, 3.63) is 58.7 Å². The smallest absolute Gasteiger partial charge is 0.454 e. The summed E-state index contributed by atoms with van der Waals surface area (Å²) in [6, 6.07) is 6.28. The fourth-order valence-corrected chi connectivity index (χ4v) is 10.1. The molecule has 1 spiro atoms. The molecule has 338 valence electrons. The number of ketones is 1. The number of aliphatic hydroxyl groups is 2. The van der Waals surface area contributed by atoms with Gasteiger partial charge < -0.3 is 53.4 Å². The first-order valence-corrected chi connectivity index (χ1v) is 20.3. The summed E-state index contributed by atoms with van der Waals surface area (Å²) >= 11 is 0. The molecule has 2 heterocycles. The van der Waals surface area contributed by atoms with Crippen LogP contribution in [-0.2, 0) is 57.1 Å². The number of nitrogens with one attached hydrogen (secondary N) is 1. The van der Waals surface area contributed by atoms with Crippen molar-refractivity contribution in [2.75, 3.05) is 6.61 Å². The molecule has 4 fully saturated rings. The van der Waals surface area contributed by atoms with Crippen LogP contribution in [0.4, 0.5) is 9.59 Å². The zero-order valence-electron chi connectivity index (χ0n) is 36.6. The van der Waals surface area contributed by atoms with E-state index in [-0.39, 0.29) is 29.7 Å². The van der Waals surface area contributed by atoms with E-state index in [1.807, 2.05) is 0 Å². The molecule has 1 amide bonds. The van der Waals surface area contributed by atoms with Crippen LogP contribution in [0.15, 0.2) is 53.1 Å². The average molecular weight is 870 g/mol. The van der Waals surface area contributed by atoms with Crippen molar-refractivity contribution in [1.29, 1.82) is 0 Å². The fraction of sp³-hybridized carbons (Fsp3) is 0.614. The summed E-state index contributed by atoms with van der Waals surface area (Å²) in [5, 5.41) is 26.2. The van der Waals surface area contributed by atoms with Gasteiger partial charge in [-0.15, -0.1) is 0 Å². The van der Waals surface area contributed by atoms with Crippen LogP contribution in [0.1, 0.15) is 92.9 Å². The SMILES string of the molecule is CC(=O)O[C@H]1C(=O)[C@@]2(C)[C@H]([C@H](OC(=O)c3ccccc3)[C@]34OC(=O)O[C@H]3[C@H](OC(=O)[C@H](O)[C@H](C=C(C)C)NC(=O)OC(C)(C)C)C(C)=C1C4(C)C)[C@]1(OC(C)=O)CO[C@@H]1C[C@@H]2O. The van der Waals surface area contributed by atoms with Crippen LogP contribution in [0.3, 0.4) is 0 Å². The lowest BCUT2D eigenvalue weighted by molar-refractivity contribution is -0.345. The van der Waals surface area contributed by atoms with Crippen LogP contribution in [0, 0.1) is 16.7 Å². The lowest BCUT2D eigenvalue weighted by Gasteiger charge is -2.67. The first kappa shape index (κ1) is 46.2. The van der Waals surface area contributed by atoms with Gasteiger partial charge in [0.25, 0.3) is 0 Å². The van der Waals surface area contributed by atoms with Gasteiger partial charge in [-0.2, -0.15) is 0 Å². The van der Waals surface area contributed by atoms with E-state index in [9.17, 15) is 39.0 Å². The molecule has 18 heteroatoms. The maximum absolute atomic E-state index is 15.6. The van der Waals surface area contributed by atoms with E-state index in [1.54, 1.807) is 52.8 Å². The van der Waals surface area contributed by atoms with Crippen molar-refractivity contribution in [1.82, 2.24) is 5.32 Å². The Morgan fingerprint density at radius 3 is 2.15 bits per heavy atom. The minimum Gasteiger partial charge on any atom is -0.454 e. The van der Waals surface area contributed by atoms with E-state index in [2.05, 4.69) is 5.32 Å². The Bertz CT molecular complexity index is 2100. The molecule has 0 unspecified atom stereocenters. The van der Waals surface area contributed by atoms with Crippen LogP contribution in [0.25, 0.3) is 0 Å². The van der Waals surface area contributed by atoms with Gasteiger partial charge in [-0.3, -0.25) is 14.4 Å². The highest BCUT2D eigenvalue weighted by Crippen LogP contribution is 2.67. The third kappa shape index (κ3) is 7.52. The molecule has 6 rings (SSSR count). The summed E-state index contributed by atoms with van der Waals surface area (Å²) < 4.78 is 48.0. The molecule has 2 saturated carbocycles. The molecule has 3 aliphatic carbocycles. The molecule has 2 bridgehead atoms. The molecular formula is C44H55NO17. The van der Waals surface area contributed by atoms with Crippen LogP contribution in [0.2, 0.25) is 0 Å². The third-order valence-corrected chi connectivity index (χ3v) is 12.7. The first-order chi connectivity index (χ1) is 28.7. The second-order valence-corrected chi connectivity index (χ2v) is 18.5. The highest BCUT2D eigenvalue weighted by Gasteiger charge is 2.83. The molecule has 2 aliphatic heterocycles. The summed E-state index contributed by atoms with van der Waals surface area (Å²) in [5.74, 6) is -6.64. The molecule has 0 radical (unpaired) electrons. The van der Waals surface area contributed by atoms with Gasteiger partial charge in [0.05, 0.1) is 35.6 Å². The van der Waals surface area contributed by atoms with Gasteiger partial charge in [0.2, 0.25) is 5.60 Å². The standard InChI is InChI=1S/C44H55NO17/c1-20(2)17-25(45-38(53)61-40(6,7)8)29(49)37(52)57-30-21(3)28-31(56-22(4)46)33(50)42(11)26(48)18-27-43(19-55-27,60-23(5)47)32(42)35(58-36(51)24-15-13-12-14-16-24)44(41(28,9)10)34(30)59-39(54)62-44/h12-17,25-27,29-32,34-35,48-49H,18-19H2,1-11H3,(H,45,53)/t25-,26-,27+,29+,30+,31+,32-,34-,35-,42+,43-,44+/m0/s1. The molecular weight excluding hydrogens is 814 g/mol. The number of fused-ring (bicyclic) bond motifs is 4. The normalized spacial score (nSPS) is 34.0. The maximum atomic E-state index is 15.6. The van der Waals surface area contributed by atoms with Crippen molar-refractivity contribution in [3.63, 3.8) is 0 Å². The van der Waals surface area contributed by atoms with Gasteiger partial charge in [-0.1, -0.05) is 43.7 Å². The quantitative estimate of drug-likeness (QED) is 0.182. The van der Waals surface area contributed by atoms with E-state index in [4.69, 9.17) is 37.9 Å². The largest absolute Gasteiger partial charge is 0.509 e. The van der Waals surface area contributed by atoms with Crippen LogP contribution in [-0.4, -0.2) is 124 Å². The summed E-state index contributed by atoms with van der Waals surface area (Å²) in [7, 11) is 0. The van der Waals surface area contributed by atoms with E-state index in [0.717, 1.165) is 13.8 Å². The Morgan fingerprint density at radius 1 is 0.952 bits per heavy atom. The molecule has 18 nitrogen and oxygen atoms in total. The number of carbonyl (C=O) groups excluding carboxylic acids is 7. The van der Waals surface area contributed by atoms with Crippen LogP contribution >= 0.6 is 0 Å². The average Bonchev–Trinajstić information content (AvgIpc) is 3.52. The van der Waals surface area contributed by atoms with Gasteiger partial charge in [0, 0.05) is 25.7 Å². The highest BCUT2D eigenvalue weighted by molar-refractivity contribution is 5.96. The van der Waals surface area contributed by atoms with Crippen molar-refractivity contribution in [2.24, 2.45) is 16.7 Å². The number of allylic oxidation sites excluding steroid dienone is 1. The Hall–Kier alpha value is -5.33. The minimum atomic E-state index is -2.37. The number of hydrogen-bond donors (Lipinski definition) is 3. The number of Topliss-reactive ketones (excluding diaryl/α,β-unsaturated/α-hetero) is 1. The molecule has 62 heavy (non-hydrogen) atoms. The zero-order valence-corrected chi connectivity index (χ0v) is 36.6. The number of rotatable bonds is 9. The molecule has 1 aromatic rings. The van der Waals surface area contributed by atoms with Crippen LogP contribution < -0.4 is 5.32 Å². The molecule has 1 aromatic carbocycles. The second kappa shape index (κ2) is 16.1.